The molecule has 1 unspecified atom stereocenters. The monoisotopic (exact) mass is 313 g/mol. The normalized spacial score (nSPS) is 17.5. The number of piperidine rings is 1. The second-order valence-corrected chi connectivity index (χ2v) is 5.70. The summed E-state index contributed by atoms with van der Waals surface area (Å²) in [7, 11) is 0. The average molecular weight is 314 g/mol. The van der Waals surface area contributed by atoms with Crippen molar-refractivity contribution in [2.45, 2.75) is 39.2 Å². The van der Waals surface area contributed by atoms with Gasteiger partial charge in [-0.05, 0) is 51.4 Å². The van der Waals surface area contributed by atoms with E-state index in [1.165, 1.54) is 19.3 Å². The van der Waals surface area contributed by atoms with Crippen LogP contribution in [0.15, 0.2) is 0 Å². The largest absolute Gasteiger partial charge is 0.363 e. The fourth-order valence-corrected chi connectivity index (χ4v) is 2.82. The van der Waals surface area contributed by atoms with Crippen molar-refractivity contribution in [3.8, 4) is 0 Å². The summed E-state index contributed by atoms with van der Waals surface area (Å²) < 4.78 is 0. The third kappa shape index (κ3) is 4.01. The molecular weight excluding hydrogens is 294 g/mol. The van der Waals surface area contributed by atoms with Crippen LogP contribution in [0, 0.1) is 17.0 Å². The van der Waals surface area contributed by atoms with E-state index in [1.807, 2.05) is 0 Å². The van der Waals surface area contributed by atoms with Gasteiger partial charge in [0.25, 0.3) is 0 Å². The Hall–Kier alpha value is -1.47. The smallest absolute Gasteiger partial charge is 0.332 e. The van der Waals surface area contributed by atoms with Crippen molar-refractivity contribution >= 4 is 23.1 Å². The van der Waals surface area contributed by atoms with E-state index < -0.39 is 4.92 Å². The van der Waals surface area contributed by atoms with E-state index in [0.29, 0.717) is 12.6 Å². The number of nitrogens with zero attached hydrogens (tertiary/aromatic N) is 4. The molecule has 1 saturated heterocycles. The number of nitro groups is 1. The lowest BCUT2D eigenvalue weighted by atomic mass is 10.1. The first-order chi connectivity index (χ1) is 9.99. The number of likely N-dealkylation sites (tertiary alicyclic amines) is 1. The van der Waals surface area contributed by atoms with Crippen LogP contribution in [0.3, 0.4) is 0 Å². The molecule has 0 aliphatic carbocycles. The molecule has 0 spiro atoms. The molecule has 0 bridgehead atoms. The molecule has 1 aromatic rings. The van der Waals surface area contributed by atoms with E-state index in [9.17, 15) is 10.1 Å². The quantitative estimate of drug-likeness (QED) is 0.511. The minimum Gasteiger partial charge on any atom is -0.363 e. The van der Waals surface area contributed by atoms with Crippen LogP contribution in [0.5, 0.6) is 0 Å². The van der Waals surface area contributed by atoms with Gasteiger partial charge in [-0.3, -0.25) is 15.0 Å². The van der Waals surface area contributed by atoms with Gasteiger partial charge in [-0.2, -0.15) is 4.98 Å². The van der Waals surface area contributed by atoms with Gasteiger partial charge < -0.3 is 5.32 Å². The number of aryl methyl sites for hydroxylation is 1. The van der Waals surface area contributed by atoms with Gasteiger partial charge in [-0.25, -0.2) is 4.98 Å². The number of anilines is 1. The van der Waals surface area contributed by atoms with Crippen molar-refractivity contribution in [1.29, 1.82) is 0 Å². The van der Waals surface area contributed by atoms with Gasteiger partial charge in [0.1, 0.15) is 5.69 Å². The number of nitrogens with one attached hydrogen (secondary N) is 1. The maximum absolute atomic E-state index is 11.1. The van der Waals surface area contributed by atoms with Crippen LogP contribution in [0.25, 0.3) is 0 Å². The fraction of sp³-hybridized carbons (Fsp3) is 0.692. The van der Waals surface area contributed by atoms with E-state index in [2.05, 4.69) is 27.1 Å². The predicted molar refractivity (Wildman–Crippen MR) is 81.8 cm³/mol. The van der Waals surface area contributed by atoms with Gasteiger partial charge in [-0.15, -0.1) is 0 Å². The zero-order valence-corrected chi connectivity index (χ0v) is 13.1. The molecule has 1 aromatic heterocycles. The topological polar surface area (TPSA) is 84.2 Å². The number of aromatic nitrogens is 2. The summed E-state index contributed by atoms with van der Waals surface area (Å²) in [5.41, 5.74) is 0.165. The Morgan fingerprint density at radius 1 is 1.38 bits per heavy atom. The molecule has 8 heteroatoms. The lowest BCUT2D eigenvalue weighted by Crippen LogP contribution is -2.41. The van der Waals surface area contributed by atoms with Crippen molar-refractivity contribution < 1.29 is 4.92 Å². The first-order valence-corrected chi connectivity index (χ1v) is 7.53. The van der Waals surface area contributed by atoms with Gasteiger partial charge in [0.2, 0.25) is 11.1 Å². The third-order valence-corrected chi connectivity index (χ3v) is 3.96. The van der Waals surface area contributed by atoms with Crippen molar-refractivity contribution in [3.63, 3.8) is 0 Å². The van der Waals surface area contributed by atoms with Crippen LogP contribution < -0.4 is 5.32 Å². The highest BCUT2D eigenvalue weighted by Crippen LogP contribution is 2.26. The molecule has 1 aliphatic heterocycles. The van der Waals surface area contributed by atoms with Crippen molar-refractivity contribution in [1.82, 2.24) is 14.9 Å². The third-order valence-electron chi connectivity index (χ3n) is 3.79. The zero-order chi connectivity index (χ0) is 15.4. The fourth-order valence-electron chi connectivity index (χ4n) is 2.61. The molecule has 1 atom stereocenters. The van der Waals surface area contributed by atoms with Crippen LogP contribution in [0.2, 0.25) is 5.28 Å². The number of rotatable bonds is 5. The molecular formula is C13H20ClN5O2. The van der Waals surface area contributed by atoms with Crippen LogP contribution >= 0.6 is 11.6 Å². The maximum Gasteiger partial charge on any atom is 0.332 e. The predicted octanol–water partition coefficient (Wildman–Crippen LogP) is 2.63. The number of hydrogen-bond donors (Lipinski definition) is 1. The van der Waals surface area contributed by atoms with E-state index in [0.717, 1.165) is 13.1 Å². The van der Waals surface area contributed by atoms with Gasteiger partial charge >= 0.3 is 5.69 Å². The second kappa shape index (κ2) is 7.00. The van der Waals surface area contributed by atoms with E-state index >= 15 is 0 Å². The van der Waals surface area contributed by atoms with Crippen LogP contribution in [-0.4, -0.2) is 45.5 Å². The molecule has 116 valence electrons. The van der Waals surface area contributed by atoms with Crippen molar-refractivity contribution in [2.24, 2.45) is 0 Å². The summed E-state index contributed by atoms with van der Waals surface area (Å²) in [5, 5.41) is 14.2. The molecule has 0 saturated carbocycles. The molecule has 0 radical (unpaired) electrons. The molecule has 1 fully saturated rings. The summed E-state index contributed by atoms with van der Waals surface area (Å²) >= 11 is 5.80. The summed E-state index contributed by atoms with van der Waals surface area (Å²) in [6, 6.07) is 0.291. The van der Waals surface area contributed by atoms with E-state index in [-0.39, 0.29) is 22.5 Å². The summed E-state index contributed by atoms with van der Waals surface area (Å²) in [6.07, 6.45) is 3.70. The van der Waals surface area contributed by atoms with E-state index in [1.54, 1.807) is 6.92 Å². The standard InChI is InChI=1S/C13H20ClN5O2/c1-9(18-6-4-3-5-7-18)8-15-12-11(19(20)21)10(2)16-13(14)17-12/h9H,3-8H2,1-2H3,(H,15,16,17). The molecule has 21 heavy (non-hydrogen) atoms. The first-order valence-electron chi connectivity index (χ1n) is 7.15. The lowest BCUT2D eigenvalue weighted by molar-refractivity contribution is -0.385. The van der Waals surface area contributed by atoms with Gasteiger partial charge in [-0.1, -0.05) is 6.42 Å². The molecule has 2 rings (SSSR count). The number of hydrogen-bond acceptors (Lipinski definition) is 6. The first kappa shape index (κ1) is 15.9. The number of halogens is 1. The van der Waals surface area contributed by atoms with Gasteiger partial charge in [0.15, 0.2) is 0 Å². The SMILES string of the molecule is Cc1nc(Cl)nc(NCC(C)N2CCCCC2)c1[N+](=O)[O-]. The minimum atomic E-state index is -0.473. The molecule has 7 nitrogen and oxygen atoms in total. The maximum atomic E-state index is 11.1. The van der Waals surface area contributed by atoms with Crippen LogP contribution in [0.1, 0.15) is 31.9 Å². The minimum absolute atomic E-state index is 0.0197. The molecule has 0 amide bonds. The van der Waals surface area contributed by atoms with E-state index in [4.69, 9.17) is 11.6 Å². The zero-order valence-electron chi connectivity index (χ0n) is 12.3. The highest BCUT2D eigenvalue weighted by Gasteiger charge is 2.23. The molecule has 1 N–H and O–H groups in total. The Morgan fingerprint density at radius 2 is 2.05 bits per heavy atom. The Kier molecular flexibility index (Phi) is 5.30. The van der Waals surface area contributed by atoms with Crippen molar-refractivity contribution in [3.05, 3.63) is 21.1 Å². The molecule has 0 aromatic carbocycles. The Bertz CT molecular complexity index is 520. The average Bonchev–Trinajstić information content (AvgIpc) is 2.44. The van der Waals surface area contributed by atoms with Gasteiger partial charge in [0, 0.05) is 12.6 Å². The van der Waals surface area contributed by atoms with Gasteiger partial charge in [0.05, 0.1) is 4.92 Å². The van der Waals surface area contributed by atoms with Crippen molar-refractivity contribution in [2.75, 3.05) is 25.0 Å². The second-order valence-electron chi connectivity index (χ2n) is 5.36. The summed E-state index contributed by atoms with van der Waals surface area (Å²) in [6.45, 7) is 6.42. The van der Waals surface area contributed by atoms with Crippen LogP contribution in [0.4, 0.5) is 11.5 Å². The summed E-state index contributed by atoms with van der Waals surface area (Å²) in [5.74, 6) is 0.196. The molecule has 1 aliphatic rings. The Labute approximate surface area is 128 Å². The van der Waals surface area contributed by atoms with Crippen LogP contribution in [-0.2, 0) is 0 Å². The Morgan fingerprint density at radius 3 is 2.67 bits per heavy atom. The lowest BCUT2D eigenvalue weighted by Gasteiger charge is -2.32. The highest BCUT2D eigenvalue weighted by molar-refractivity contribution is 6.28. The Balaban J connectivity index is 2.06. The highest BCUT2D eigenvalue weighted by atomic mass is 35.5. The summed E-state index contributed by atoms with van der Waals surface area (Å²) in [4.78, 5) is 20.8. The molecule has 2 heterocycles.